The summed E-state index contributed by atoms with van der Waals surface area (Å²) in [7, 11) is -3.01. The molecule has 1 saturated heterocycles. The van der Waals surface area contributed by atoms with Crippen LogP contribution in [0.15, 0.2) is 24.3 Å². The van der Waals surface area contributed by atoms with E-state index in [1.165, 1.54) is 0 Å². The van der Waals surface area contributed by atoms with Crippen LogP contribution < -0.4 is 10.6 Å². The van der Waals surface area contributed by atoms with Crippen LogP contribution in [0, 0.1) is 13.8 Å². The van der Waals surface area contributed by atoms with Crippen molar-refractivity contribution in [2.24, 2.45) is 0 Å². The molecule has 9 heteroatoms. The van der Waals surface area contributed by atoms with E-state index in [4.69, 9.17) is 11.6 Å². The van der Waals surface area contributed by atoms with Crippen molar-refractivity contribution in [3.05, 3.63) is 46.2 Å². The fourth-order valence-corrected chi connectivity index (χ4v) is 4.56. The number of amides is 1. The van der Waals surface area contributed by atoms with E-state index in [0.717, 1.165) is 5.56 Å². The van der Waals surface area contributed by atoms with Crippen molar-refractivity contribution in [3.8, 4) is 0 Å². The lowest BCUT2D eigenvalue weighted by Gasteiger charge is -2.12. The molecule has 1 aromatic carbocycles. The van der Waals surface area contributed by atoms with Gasteiger partial charge in [-0.25, -0.2) is 18.4 Å². The lowest BCUT2D eigenvalue weighted by molar-refractivity contribution is 0.102. The van der Waals surface area contributed by atoms with Crippen LogP contribution in [-0.2, 0) is 9.84 Å². The van der Waals surface area contributed by atoms with E-state index < -0.39 is 15.7 Å². The second kappa shape index (κ2) is 7.20. The molecule has 138 valence electrons. The highest BCUT2D eigenvalue weighted by molar-refractivity contribution is 7.91. The predicted molar refractivity (Wildman–Crippen MR) is 102 cm³/mol. The first kappa shape index (κ1) is 18.6. The zero-order valence-corrected chi connectivity index (χ0v) is 16.0. The quantitative estimate of drug-likeness (QED) is 0.826. The zero-order chi connectivity index (χ0) is 18.9. The van der Waals surface area contributed by atoms with Gasteiger partial charge in [-0.15, -0.1) is 0 Å². The maximum absolute atomic E-state index is 12.5. The summed E-state index contributed by atoms with van der Waals surface area (Å²) in [4.78, 5) is 20.9. The van der Waals surface area contributed by atoms with E-state index in [-0.39, 0.29) is 29.2 Å². The Labute approximate surface area is 157 Å². The van der Waals surface area contributed by atoms with Crippen LogP contribution in [0.1, 0.15) is 28.2 Å². The molecule has 2 N–H and O–H groups in total. The minimum atomic E-state index is -3.01. The van der Waals surface area contributed by atoms with Crippen LogP contribution in [0.2, 0.25) is 5.02 Å². The number of carbonyl (C=O) groups excluding carboxylic acids is 1. The highest BCUT2D eigenvalue weighted by Gasteiger charge is 2.28. The Hall–Kier alpha value is -2.19. The number of nitrogens with zero attached hydrogens (tertiary/aromatic N) is 2. The van der Waals surface area contributed by atoms with Crippen molar-refractivity contribution < 1.29 is 13.2 Å². The highest BCUT2D eigenvalue weighted by Crippen LogP contribution is 2.21. The molecule has 1 fully saturated rings. The lowest BCUT2D eigenvalue weighted by Crippen LogP contribution is -2.23. The molecule has 3 rings (SSSR count). The number of anilines is 2. The van der Waals surface area contributed by atoms with E-state index in [2.05, 4.69) is 20.6 Å². The fraction of sp³-hybridized carbons (Fsp3) is 0.353. The van der Waals surface area contributed by atoms with Gasteiger partial charge in [-0.3, -0.25) is 4.79 Å². The molecule has 0 spiro atoms. The molecule has 0 bridgehead atoms. The van der Waals surface area contributed by atoms with Crippen LogP contribution >= 0.6 is 11.6 Å². The Morgan fingerprint density at radius 1 is 1.23 bits per heavy atom. The molecule has 1 aliphatic rings. The first-order chi connectivity index (χ1) is 12.2. The van der Waals surface area contributed by atoms with Crippen molar-refractivity contribution in [3.63, 3.8) is 0 Å². The smallest absolute Gasteiger partial charge is 0.274 e. The second-order valence-corrected chi connectivity index (χ2v) is 9.02. The lowest BCUT2D eigenvalue weighted by atomic mass is 10.2. The van der Waals surface area contributed by atoms with Gasteiger partial charge in [0.2, 0.25) is 5.95 Å². The molecule has 0 saturated carbocycles. The number of rotatable bonds is 4. The van der Waals surface area contributed by atoms with Crippen LogP contribution in [0.5, 0.6) is 0 Å². The van der Waals surface area contributed by atoms with Gasteiger partial charge in [-0.05, 0) is 44.0 Å². The first-order valence-electron chi connectivity index (χ1n) is 8.12. The van der Waals surface area contributed by atoms with Gasteiger partial charge in [0.15, 0.2) is 9.84 Å². The average Bonchev–Trinajstić information content (AvgIpc) is 2.89. The Morgan fingerprint density at radius 3 is 2.65 bits per heavy atom. The number of halogens is 1. The third kappa shape index (κ3) is 4.50. The van der Waals surface area contributed by atoms with Gasteiger partial charge in [-0.2, -0.15) is 0 Å². The normalized spacial score (nSPS) is 18.5. The number of hydrogen-bond donors (Lipinski definition) is 2. The Bertz CT molecular complexity index is 962. The second-order valence-electron chi connectivity index (χ2n) is 6.38. The third-order valence-electron chi connectivity index (χ3n) is 4.08. The molecular formula is C17H19ClN4O3S. The summed E-state index contributed by atoms with van der Waals surface area (Å²) in [5, 5.41) is 6.32. The summed E-state index contributed by atoms with van der Waals surface area (Å²) in [5.74, 6) is 0.0582. The molecule has 7 nitrogen and oxygen atoms in total. The van der Waals surface area contributed by atoms with Crippen LogP contribution in [0.4, 0.5) is 11.6 Å². The number of benzene rings is 1. The van der Waals surface area contributed by atoms with E-state index in [9.17, 15) is 13.2 Å². The number of hydrogen-bond acceptors (Lipinski definition) is 6. The minimum Gasteiger partial charge on any atom is -0.350 e. The predicted octanol–water partition coefficient (Wildman–Crippen LogP) is 2.60. The van der Waals surface area contributed by atoms with Gasteiger partial charge in [0, 0.05) is 22.4 Å². The fourth-order valence-electron chi connectivity index (χ4n) is 2.71. The monoisotopic (exact) mass is 394 g/mol. The maximum Gasteiger partial charge on any atom is 0.274 e. The van der Waals surface area contributed by atoms with Crippen molar-refractivity contribution in [1.29, 1.82) is 0 Å². The molecule has 2 aromatic rings. The van der Waals surface area contributed by atoms with Gasteiger partial charge in [-0.1, -0.05) is 17.7 Å². The maximum atomic E-state index is 12.5. The first-order valence-corrected chi connectivity index (χ1v) is 10.3. The highest BCUT2D eigenvalue weighted by atomic mass is 35.5. The number of sulfone groups is 1. The third-order valence-corrected chi connectivity index (χ3v) is 6.26. The Balaban J connectivity index is 1.76. The summed E-state index contributed by atoms with van der Waals surface area (Å²) >= 11 is 6.08. The van der Waals surface area contributed by atoms with Crippen molar-refractivity contribution in [2.45, 2.75) is 26.3 Å². The molecule has 1 amide bonds. The largest absolute Gasteiger partial charge is 0.350 e. The molecular weight excluding hydrogens is 376 g/mol. The SMILES string of the molecule is Cc1cc(C(=O)Nc2ccc(C)c(Cl)c2)nc(NC2CCS(=O)(=O)C2)n1. The van der Waals surface area contributed by atoms with Crippen LogP contribution in [0.3, 0.4) is 0 Å². The van der Waals surface area contributed by atoms with Gasteiger partial charge in [0.25, 0.3) is 5.91 Å². The molecule has 1 aliphatic heterocycles. The summed E-state index contributed by atoms with van der Waals surface area (Å²) in [6.07, 6.45) is 0.503. The molecule has 1 aromatic heterocycles. The van der Waals surface area contributed by atoms with E-state index in [1.54, 1.807) is 25.1 Å². The minimum absolute atomic E-state index is 0.0493. The number of carbonyl (C=O) groups is 1. The molecule has 1 atom stereocenters. The topological polar surface area (TPSA) is 101 Å². The van der Waals surface area contributed by atoms with Crippen molar-refractivity contribution in [2.75, 3.05) is 22.1 Å². The molecule has 1 unspecified atom stereocenters. The number of aromatic nitrogens is 2. The molecule has 0 aliphatic carbocycles. The zero-order valence-electron chi connectivity index (χ0n) is 14.4. The summed E-state index contributed by atoms with van der Waals surface area (Å²) in [5.41, 5.74) is 2.28. The van der Waals surface area contributed by atoms with E-state index in [0.29, 0.717) is 22.8 Å². The Morgan fingerprint density at radius 2 is 2.00 bits per heavy atom. The average molecular weight is 395 g/mol. The standard InChI is InChI=1S/C17H19ClN4O3S/c1-10-3-4-12(8-14(10)18)20-16(23)15-7-11(2)19-17(22-15)21-13-5-6-26(24,25)9-13/h3-4,7-8,13H,5-6,9H2,1-2H3,(H,20,23)(H,19,21,22). The van der Waals surface area contributed by atoms with Crippen LogP contribution in [-0.4, -0.2) is 41.8 Å². The van der Waals surface area contributed by atoms with Gasteiger partial charge in [0.1, 0.15) is 5.69 Å². The molecule has 2 heterocycles. The summed E-state index contributed by atoms with van der Waals surface area (Å²) in [6.45, 7) is 3.63. The Kier molecular flexibility index (Phi) is 5.15. The summed E-state index contributed by atoms with van der Waals surface area (Å²) < 4.78 is 23.1. The van der Waals surface area contributed by atoms with Gasteiger partial charge < -0.3 is 10.6 Å². The van der Waals surface area contributed by atoms with Crippen LogP contribution in [0.25, 0.3) is 0 Å². The van der Waals surface area contributed by atoms with E-state index in [1.807, 2.05) is 13.0 Å². The number of nitrogens with one attached hydrogen (secondary N) is 2. The van der Waals surface area contributed by atoms with E-state index >= 15 is 0 Å². The summed E-state index contributed by atoms with van der Waals surface area (Å²) in [6, 6.07) is 6.58. The number of aryl methyl sites for hydroxylation is 2. The van der Waals surface area contributed by atoms with Gasteiger partial charge >= 0.3 is 0 Å². The van der Waals surface area contributed by atoms with Crippen molar-refractivity contribution >= 4 is 39.0 Å². The molecule has 26 heavy (non-hydrogen) atoms. The van der Waals surface area contributed by atoms with Gasteiger partial charge in [0.05, 0.1) is 11.5 Å². The molecule has 0 radical (unpaired) electrons. The van der Waals surface area contributed by atoms with Crippen molar-refractivity contribution in [1.82, 2.24) is 9.97 Å².